The van der Waals surface area contributed by atoms with E-state index in [0.717, 1.165) is 50.3 Å². The Morgan fingerprint density at radius 3 is 2.44 bits per heavy atom. The first kappa shape index (κ1) is 22.1. The molecule has 3 aromatic rings. The van der Waals surface area contributed by atoms with Crippen LogP contribution in [0.25, 0.3) is 11.1 Å². The summed E-state index contributed by atoms with van der Waals surface area (Å²) in [5.41, 5.74) is 5.77. The van der Waals surface area contributed by atoms with Crippen LogP contribution in [-0.2, 0) is 13.1 Å². The molecule has 32 heavy (non-hydrogen) atoms. The molecule has 0 bridgehead atoms. The van der Waals surface area contributed by atoms with Gasteiger partial charge in [-0.3, -0.25) is 4.90 Å². The lowest BCUT2D eigenvalue weighted by Crippen LogP contribution is -2.37. The van der Waals surface area contributed by atoms with Crippen LogP contribution in [0.2, 0.25) is 0 Å². The van der Waals surface area contributed by atoms with E-state index in [4.69, 9.17) is 10.00 Å². The molecule has 4 heteroatoms. The van der Waals surface area contributed by atoms with E-state index in [9.17, 15) is 0 Å². The van der Waals surface area contributed by atoms with Crippen LogP contribution in [0.15, 0.2) is 72.8 Å². The minimum absolute atomic E-state index is 0.253. The van der Waals surface area contributed by atoms with Crippen molar-refractivity contribution in [3.63, 3.8) is 0 Å². The van der Waals surface area contributed by atoms with E-state index in [2.05, 4.69) is 84.6 Å². The summed E-state index contributed by atoms with van der Waals surface area (Å²) in [5.74, 6) is 0.944. The number of ether oxygens (including phenoxy) is 1. The second-order valence-corrected chi connectivity index (χ2v) is 8.82. The first-order chi connectivity index (χ1) is 15.6. The summed E-state index contributed by atoms with van der Waals surface area (Å²) < 4.78 is 6.30. The standard InChI is InChI=1S/C28H31N3O/c1-30(2)21-25-8-3-4-9-28(25)24-10-12-26(13-11-24)32-27-14-16-31(17-15-27)20-23-7-5-6-22(18-23)19-29/h3-13,18,27H,14-17,20-21H2,1-2H3. The van der Waals surface area contributed by atoms with Crippen LogP contribution in [0.5, 0.6) is 5.75 Å². The first-order valence-electron chi connectivity index (χ1n) is 11.3. The van der Waals surface area contributed by atoms with Crippen molar-refractivity contribution in [2.24, 2.45) is 0 Å². The van der Waals surface area contributed by atoms with Crippen molar-refractivity contribution in [1.82, 2.24) is 9.80 Å². The van der Waals surface area contributed by atoms with E-state index in [1.807, 2.05) is 18.2 Å². The van der Waals surface area contributed by atoms with E-state index in [-0.39, 0.29) is 6.10 Å². The minimum atomic E-state index is 0.253. The van der Waals surface area contributed by atoms with Crippen LogP contribution in [0, 0.1) is 11.3 Å². The molecule has 0 unspecified atom stereocenters. The van der Waals surface area contributed by atoms with Gasteiger partial charge in [0.15, 0.2) is 0 Å². The zero-order valence-corrected chi connectivity index (χ0v) is 19.0. The van der Waals surface area contributed by atoms with Gasteiger partial charge in [-0.15, -0.1) is 0 Å². The average Bonchev–Trinajstić information content (AvgIpc) is 2.81. The Morgan fingerprint density at radius 1 is 0.969 bits per heavy atom. The molecule has 0 amide bonds. The van der Waals surface area contributed by atoms with Gasteiger partial charge in [-0.05, 0) is 73.5 Å². The predicted molar refractivity (Wildman–Crippen MR) is 129 cm³/mol. The zero-order valence-electron chi connectivity index (χ0n) is 19.0. The van der Waals surface area contributed by atoms with E-state index >= 15 is 0 Å². The fourth-order valence-corrected chi connectivity index (χ4v) is 4.37. The molecule has 164 valence electrons. The fraction of sp³-hybridized carbons (Fsp3) is 0.321. The van der Waals surface area contributed by atoms with E-state index in [1.54, 1.807) is 0 Å². The largest absolute Gasteiger partial charge is 0.490 e. The molecule has 1 fully saturated rings. The number of rotatable bonds is 7. The Bertz CT molecular complexity index is 1060. The summed E-state index contributed by atoms with van der Waals surface area (Å²) in [6.07, 6.45) is 2.29. The number of nitriles is 1. The monoisotopic (exact) mass is 425 g/mol. The molecule has 0 aliphatic carbocycles. The van der Waals surface area contributed by atoms with Gasteiger partial charge in [0, 0.05) is 26.2 Å². The number of nitrogens with zero attached hydrogens (tertiary/aromatic N) is 3. The molecule has 4 rings (SSSR count). The minimum Gasteiger partial charge on any atom is -0.490 e. The summed E-state index contributed by atoms with van der Waals surface area (Å²) in [6, 6.07) is 27.3. The molecular formula is C28H31N3O. The molecule has 0 radical (unpaired) electrons. The summed E-state index contributed by atoms with van der Waals surface area (Å²) in [4.78, 5) is 4.64. The maximum atomic E-state index is 9.09. The first-order valence-corrected chi connectivity index (χ1v) is 11.3. The molecule has 1 aliphatic rings. The Hall–Kier alpha value is -3.13. The third-order valence-electron chi connectivity index (χ3n) is 5.97. The van der Waals surface area contributed by atoms with Crippen LogP contribution < -0.4 is 4.74 Å². The maximum Gasteiger partial charge on any atom is 0.119 e. The highest BCUT2D eigenvalue weighted by molar-refractivity contribution is 5.68. The second kappa shape index (κ2) is 10.5. The molecule has 0 spiro atoms. The van der Waals surface area contributed by atoms with Crippen molar-refractivity contribution in [1.29, 1.82) is 5.26 Å². The van der Waals surface area contributed by atoms with Gasteiger partial charge in [-0.2, -0.15) is 5.26 Å². The van der Waals surface area contributed by atoms with Gasteiger partial charge < -0.3 is 9.64 Å². The quantitative estimate of drug-likeness (QED) is 0.513. The Kier molecular flexibility index (Phi) is 7.21. The number of hydrogen-bond acceptors (Lipinski definition) is 4. The number of piperidine rings is 1. The molecule has 0 atom stereocenters. The Labute approximate surface area is 191 Å². The van der Waals surface area contributed by atoms with Crippen molar-refractivity contribution in [3.8, 4) is 22.9 Å². The maximum absolute atomic E-state index is 9.09. The summed E-state index contributed by atoms with van der Waals surface area (Å²) in [7, 11) is 4.20. The molecule has 0 N–H and O–H groups in total. The van der Waals surface area contributed by atoms with E-state index < -0.39 is 0 Å². The molecule has 4 nitrogen and oxygen atoms in total. The topological polar surface area (TPSA) is 39.5 Å². The van der Waals surface area contributed by atoms with Gasteiger partial charge in [0.2, 0.25) is 0 Å². The number of hydrogen-bond donors (Lipinski definition) is 0. The highest BCUT2D eigenvalue weighted by atomic mass is 16.5. The predicted octanol–water partition coefficient (Wildman–Crippen LogP) is 5.33. The van der Waals surface area contributed by atoms with Crippen molar-refractivity contribution in [2.75, 3.05) is 27.2 Å². The second-order valence-electron chi connectivity index (χ2n) is 8.82. The van der Waals surface area contributed by atoms with Crippen molar-refractivity contribution in [3.05, 3.63) is 89.5 Å². The van der Waals surface area contributed by atoms with Gasteiger partial charge in [0.25, 0.3) is 0 Å². The molecular weight excluding hydrogens is 394 g/mol. The molecule has 3 aromatic carbocycles. The number of likely N-dealkylation sites (tertiary alicyclic amines) is 1. The van der Waals surface area contributed by atoms with E-state index in [0.29, 0.717) is 0 Å². The molecule has 1 aliphatic heterocycles. The van der Waals surface area contributed by atoms with Crippen LogP contribution in [-0.4, -0.2) is 43.1 Å². The molecule has 0 aromatic heterocycles. The third kappa shape index (κ3) is 5.76. The van der Waals surface area contributed by atoms with Gasteiger partial charge in [0.1, 0.15) is 11.9 Å². The van der Waals surface area contributed by atoms with Crippen molar-refractivity contribution < 1.29 is 4.74 Å². The third-order valence-corrected chi connectivity index (χ3v) is 5.97. The van der Waals surface area contributed by atoms with Crippen molar-refractivity contribution >= 4 is 0 Å². The van der Waals surface area contributed by atoms with Crippen LogP contribution in [0.4, 0.5) is 0 Å². The average molecular weight is 426 g/mol. The summed E-state index contributed by atoms with van der Waals surface area (Å²) in [5, 5.41) is 9.09. The highest BCUT2D eigenvalue weighted by Crippen LogP contribution is 2.28. The summed E-state index contributed by atoms with van der Waals surface area (Å²) >= 11 is 0. The smallest absolute Gasteiger partial charge is 0.119 e. The molecule has 0 saturated carbocycles. The normalized spacial score (nSPS) is 14.9. The number of benzene rings is 3. The van der Waals surface area contributed by atoms with Crippen LogP contribution >= 0.6 is 0 Å². The Balaban J connectivity index is 1.32. The summed E-state index contributed by atoms with van der Waals surface area (Å²) in [6.45, 7) is 3.84. The Morgan fingerprint density at radius 2 is 1.72 bits per heavy atom. The van der Waals surface area contributed by atoms with Crippen LogP contribution in [0.3, 0.4) is 0 Å². The fourth-order valence-electron chi connectivity index (χ4n) is 4.37. The lowest BCUT2D eigenvalue weighted by molar-refractivity contribution is 0.0968. The zero-order chi connectivity index (χ0) is 22.3. The lowest BCUT2D eigenvalue weighted by Gasteiger charge is -2.32. The van der Waals surface area contributed by atoms with E-state index in [1.165, 1.54) is 22.3 Å². The molecule has 1 heterocycles. The highest BCUT2D eigenvalue weighted by Gasteiger charge is 2.20. The van der Waals surface area contributed by atoms with Crippen LogP contribution in [0.1, 0.15) is 29.5 Å². The van der Waals surface area contributed by atoms with Gasteiger partial charge in [-0.1, -0.05) is 48.5 Å². The van der Waals surface area contributed by atoms with Gasteiger partial charge in [0.05, 0.1) is 11.6 Å². The SMILES string of the molecule is CN(C)Cc1ccccc1-c1ccc(OC2CCN(Cc3cccc(C#N)c3)CC2)cc1. The lowest BCUT2D eigenvalue weighted by atomic mass is 9.99. The molecule has 1 saturated heterocycles. The van der Waals surface area contributed by atoms with Gasteiger partial charge in [-0.25, -0.2) is 0 Å². The van der Waals surface area contributed by atoms with Gasteiger partial charge >= 0.3 is 0 Å². The van der Waals surface area contributed by atoms with Crippen molar-refractivity contribution in [2.45, 2.75) is 32.0 Å².